The van der Waals surface area contributed by atoms with Crippen molar-refractivity contribution in [2.75, 3.05) is 34.5 Å². The number of methoxy groups -OCH3 is 3. The van der Waals surface area contributed by atoms with Gasteiger partial charge in [0.2, 0.25) is 0 Å². The van der Waals surface area contributed by atoms with Crippen LogP contribution >= 0.6 is 12.2 Å². The molecule has 112 valence electrons. The van der Waals surface area contributed by atoms with E-state index < -0.39 is 0 Å². The molecule has 2 N–H and O–H groups in total. The van der Waals surface area contributed by atoms with E-state index in [0.717, 1.165) is 36.6 Å². The smallest absolute Gasteiger partial charge is 0.166 e. The number of thiocarbonyl (C=S) groups is 1. The molecule has 0 saturated carbocycles. The highest BCUT2D eigenvalue weighted by molar-refractivity contribution is 7.80. The second-order valence-electron chi connectivity index (χ2n) is 4.13. The molecule has 0 saturated heterocycles. The van der Waals surface area contributed by atoms with Gasteiger partial charge in [0.1, 0.15) is 11.5 Å². The Labute approximate surface area is 125 Å². The summed E-state index contributed by atoms with van der Waals surface area (Å²) < 4.78 is 15.5. The van der Waals surface area contributed by atoms with E-state index in [1.165, 1.54) is 0 Å². The van der Waals surface area contributed by atoms with Gasteiger partial charge in [0.25, 0.3) is 0 Å². The molecule has 0 fully saturated rings. The number of ether oxygens (including phenoxy) is 3. The first kappa shape index (κ1) is 16.5. The van der Waals surface area contributed by atoms with Gasteiger partial charge in [-0.05, 0) is 30.8 Å². The van der Waals surface area contributed by atoms with E-state index in [1.54, 1.807) is 21.3 Å². The zero-order valence-corrected chi connectivity index (χ0v) is 13.0. The van der Waals surface area contributed by atoms with Gasteiger partial charge in [-0.1, -0.05) is 0 Å². The van der Waals surface area contributed by atoms with Crippen molar-refractivity contribution in [3.63, 3.8) is 0 Å². The number of hydrogen-bond acceptors (Lipinski definition) is 4. The van der Waals surface area contributed by atoms with Crippen LogP contribution in [-0.4, -0.2) is 39.6 Å². The molecule has 0 aromatic heterocycles. The molecule has 0 heterocycles. The SMILES string of the molecule is COCCCNC(=S)NCc1ccc(OC)cc1OC. The lowest BCUT2D eigenvalue weighted by Gasteiger charge is -2.13. The van der Waals surface area contributed by atoms with Crippen molar-refractivity contribution in [3.05, 3.63) is 23.8 Å². The summed E-state index contributed by atoms with van der Waals surface area (Å²) in [7, 11) is 4.96. The summed E-state index contributed by atoms with van der Waals surface area (Å²) in [6.07, 6.45) is 0.921. The Morgan fingerprint density at radius 1 is 1.15 bits per heavy atom. The van der Waals surface area contributed by atoms with Gasteiger partial charge in [-0.25, -0.2) is 0 Å². The molecule has 5 nitrogen and oxygen atoms in total. The van der Waals surface area contributed by atoms with Gasteiger partial charge in [0.05, 0.1) is 14.2 Å². The summed E-state index contributed by atoms with van der Waals surface area (Å²) in [5.41, 5.74) is 1.02. The molecule has 1 rings (SSSR count). The summed E-state index contributed by atoms with van der Waals surface area (Å²) in [6.45, 7) is 2.12. The number of benzene rings is 1. The van der Waals surface area contributed by atoms with E-state index in [2.05, 4.69) is 10.6 Å². The Hall–Kier alpha value is -1.53. The Morgan fingerprint density at radius 2 is 1.95 bits per heavy atom. The average Bonchev–Trinajstić information content (AvgIpc) is 2.49. The van der Waals surface area contributed by atoms with Crippen molar-refractivity contribution >= 4 is 17.3 Å². The fraction of sp³-hybridized carbons (Fsp3) is 0.500. The summed E-state index contributed by atoms with van der Waals surface area (Å²) in [5.74, 6) is 1.55. The van der Waals surface area contributed by atoms with E-state index in [9.17, 15) is 0 Å². The van der Waals surface area contributed by atoms with Crippen molar-refractivity contribution in [3.8, 4) is 11.5 Å². The van der Waals surface area contributed by atoms with Crippen molar-refractivity contribution in [2.24, 2.45) is 0 Å². The average molecular weight is 298 g/mol. The molecule has 0 unspecified atom stereocenters. The molecule has 0 bridgehead atoms. The maximum Gasteiger partial charge on any atom is 0.166 e. The molecule has 1 aromatic rings. The first-order chi connectivity index (χ1) is 9.71. The van der Waals surface area contributed by atoms with Crippen LogP contribution in [0, 0.1) is 0 Å². The highest BCUT2D eigenvalue weighted by atomic mass is 32.1. The number of hydrogen-bond donors (Lipinski definition) is 2. The van der Waals surface area contributed by atoms with Gasteiger partial charge in [0, 0.05) is 38.4 Å². The minimum absolute atomic E-state index is 0.600. The van der Waals surface area contributed by atoms with Gasteiger partial charge in [-0.3, -0.25) is 0 Å². The zero-order valence-electron chi connectivity index (χ0n) is 12.2. The second-order valence-corrected chi connectivity index (χ2v) is 4.54. The fourth-order valence-corrected chi connectivity index (χ4v) is 1.83. The molecule has 0 aliphatic carbocycles. The highest BCUT2D eigenvalue weighted by Gasteiger charge is 2.05. The molecule has 0 atom stereocenters. The summed E-state index contributed by atoms with van der Waals surface area (Å²) >= 11 is 5.20. The van der Waals surface area contributed by atoms with Crippen LogP contribution in [0.4, 0.5) is 0 Å². The first-order valence-corrected chi connectivity index (χ1v) is 6.83. The standard InChI is InChI=1S/C14H22N2O3S/c1-17-8-4-7-15-14(20)16-10-11-5-6-12(18-2)9-13(11)19-3/h5-6,9H,4,7-8,10H2,1-3H3,(H2,15,16,20). The van der Waals surface area contributed by atoms with Crippen LogP contribution in [0.5, 0.6) is 11.5 Å². The molecule has 20 heavy (non-hydrogen) atoms. The van der Waals surface area contributed by atoms with Gasteiger partial charge < -0.3 is 24.8 Å². The quantitative estimate of drug-likeness (QED) is 0.563. The molecule has 0 aliphatic rings. The molecule has 0 spiro atoms. The third-order valence-electron chi connectivity index (χ3n) is 2.74. The third-order valence-corrected chi connectivity index (χ3v) is 3.03. The predicted octanol–water partition coefficient (Wildman–Crippen LogP) is 1.70. The lowest BCUT2D eigenvalue weighted by Crippen LogP contribution is -2.35. The van der Waals surface area contributed by atoms with Crippen molar-refractivity contribution in [1.29, 1.82) is 0 Å². The van der Waals surface area contributed by atoms with E-state index >= 15 is 0 Å². The predicted molar refractivity (Wildman–Crippen MR) is 83.5 cm³/mol. The first-order valence-electron chi connectivity index (χ1n) is 6.42. The summed E-state index contributed by atoms with van der Waals surface area (Å²) in [4.78, 5) is 0. The Bertz CT molecular complexity index is 427. The maximum atomic E-state index is 5.33. The molecule has 0 aliphatic heterocycles. The summed E-state index contributed by atoms with van der Waals surface area (Å²) in [5, 5.41) is 6.89. The lowest BCUT2D eigenvalue weighted by molar-refractivity contribution is 0.195. The fourth-order valence-electron chi connectivity index (χ4n) is 1.65. The zero-order chi connectivity index (χ0) is 14.8. The van der Waals surface area contributed by atoms with E-state index in [-0.39, 0.29) is 0 Å². The van der Waals surface area contributed by atoms with E-state index in [0.29, 0.717) is 11.7 Å². The topological polar surface area (TPSA) is 51.8 Å². The second kappa shape index (κ2) is 9.39. The van der Waals surface area contributed by atoms with Crippen molar-refractivity contribution in [2.45, 2.75) is 13.0 Å². The normalized spacial score (nSPS) is 9.95. The largest absolute Gasteiger partial charge is 0.497 e. The lowest BCUT2D eigenvalue weighted by atomic mass is 10.2. The molecular weight excluding hydrogens is 276 g/mol. The van der Waals surface area contributed by atoms with Gasteiger partial charge >= 0.3 is 0 Å². The minimum Gasteiger partial charge on any atom is -0.497 e. The van der Waals surface area contributed by atoms with Gasteiger partial charge in [-0.15, -0.1) is 0 Å². The Morgan fingerprint density at radius 3 is 2.60 bits per heavy atom. The van der Waals surface area contributed by atoms with Crippen LogP contribution in [0.3, 0.4) is 0 Å². The van der Waals surface area contributed by atoms with Crippen molar-refractivity contribution in [1.82, 2.24) is 10.6 Å². The summed E-state index contributed by atoms with van der Waals surface area (Å²) in [6, 6.07) is 5.71. The van der Waals surface area contributed by atoms with E-state index in [1.807, 2.05) is 18.2 Å². The Balaban J connectivity index is 2.42. The van der Waals surface area contributed by atoms with Crippen LogP contribution in [0.2, 0.25) is 0 Å². The highest BCUT2D eigenvalue weighted by Crippen LogP contribution is 2.24. The van der Waals surface area contributed by atoms with Crippen LogP contribution < -0.4 is 20.1 Å². The number of rotatable bonds is 8. The van der Waals surface area contributed by atoms with Crippen LogP contribution in [0.15, 0.2) is 18.2 Å². The van der Waals surface area contributed by atoms with Gasteiger partial charge in [0.15, 0.2) is 5.11 Å². The van der Waals surface area contributed by atoms with Crippen molar-refractivity contribution < 1.29 is 14.2 Å². The molecule has 6 heteroatoms. The third kappa shape index (κ3) is 5.63. The maximum absolute atomic E-state index is 5.33. The molecule has 0 amide bonds. The van der Waals surface area contributed by atoms with Crippen LogP contribution in [-0.2, 0) is 11.3 Å². The Kier molecular flexibility index (Phi) is 7.75. The number of nitrogens with one attached hydrogen (secondary N) is 2. The molecule has 0 radical (unpaired) electrons. The van der Waals surface area contributed by atoms with E-state index in [4.69, 9.17) is 26.4 Å². The van der Waals surface area contributed by atoms with Crippen LogP contribution in [0.25, 0.3) is 0 Å². The monoisotopic (exact) mass is 298 g/mol. The molecular formula is C14H22N2O3S. The minimum atomic E-state index is 0.600. The van der Waals surface area contributed by atoms with Crippen LogP contribution in [0.1, 0.15) is 12.0 Å². The molecule has 1 aromatic carbocycles. The van der Waals surface area contributed by atoms with Gasteiger partial charge in [-0.2, -0.15) is 0 Å².